The van der Waals surface area contributed by atoms with Gasteiger partial charge in [-0.3, -0.25) is 14.3 Å². The Bertz CT molecular complexity index is 1050. The van der Waals surface area contributed by atoms with Crippen LogP contribution in [0.4, 0.5) is 5.95 Å². The molecule has 146 valence electrons. The molecule has 0 radical (unpaired) electrons. The van der Waals surface area contributed by atoms with Crippen molar-refractivity contribution in [2.75, 3.05) is 18.0 Å². The third kappa shape index (κ3) is 2.35. The summed E-state index contributed by atoms with van der Waals surface area (Å²) in [4.78, 5) is 33.7. The van der Waals surface area contributed by atoms with Crippen molar-refractivity contribution in [1.82, 2.24) is 19.1 Å². The number of hydrogen-bond donors (Lipinski definition) is 1. The second-order valence-corrected chi connectivity index (χ2v) is 9.32. The molecule has 1 aliphatic heterocycles. The van der Waals surface area contributed by atoms with E-state index in [0.29, 0.717) is 23.6 Å². The third-order valence-corrected chi connectivity index (χ3v) is 6.82. The molecule has 3 heterocycles. The molecule has 3 atom stereocenters. The molecular formula is C19H27N5O3. The van der Waals surface area contributed by atoms with Gasteiger partial charge in [0.1, 0.15) is 0 Å². The lowest BCUT2D eigenvalue weighted by atomic mass is 9.81. The number of rotatable bonds is 1. The van der Waals surface area contributed by atoms with Crippen molar-refractivity contribution in [2.45, 2.75) is 50.7 Å². The monoisotopic (exact) mass is 373 g/mol. The zero-order chi connectivity index (χ0) is 19.1. The van der Waals surface area contributed by atoms with Crippen LogP contribution in [0, 0.1) is 11.8 Å². The van der Waals surface area contributed by atoms with Crippen LogP contribution in [-0.4, -0.2) is 43.4 Å². The molecule has 2 aromatic heterocycles. The molecule has 3 fully saturated rings. The van der Waals surface area contributed by atoms with E-state index in [-0.39, 0.29) is 11.2 Å². The summed E-state index contributed by atoms with van der Waals surface area (Å²) in [5.74, 6) is 2.11. The van der Waals surface area contributed by atoms with Gasteiger partial charge in [-0.2, -0.15) is 4.98 Å². The van der Waals surface area contributed by atoms with Crippen LogP contribution in [0.2, 0.25) is 0 Å². The summed E-state index contributed by atoms with van der Waals surface area (Å²) < 4.78 is 9.90. The van der Waals surface area contributed by atoms with Crippen molar-refractivity contribution >= 4 is 17.1 Å². The van der Waals surface area contributed by atoms with E-state index in [1.165, 1.54) is 23.8 Å². The van der Waals surface area contributed by atoms with Crippen molar-refractivity contribution in [3.63, 3.8) is 0 Å². The smallest absolute Gasteiger partial charge is 0.329 e. The highest BCUT2D eigenvalue weighted by molar-refractivity contribution is 5.74. The number of anilines is 1. The molecule has 27 heavy (non-hydrogen) atoms. The Morgan fingerprint density at radius 2 is 1.93 bits per heavy atom. The highest BCUT2D eigenvalue weighted by Gasteiger charge is 2.57. The van der Waals surface area contributed by atoms with Gasteiger partial charge < -0.3 is 14.2 Å². The lowest BCUT2D eigenvalue weighted by molar-refractivity contribution is -0.176. The summed E-state index contributed by atoms with van der Waals surface area (Å²) in [6.07, 6.45) is 4.94. The number of fused-ring (bicyclic) bond motifs is 4. The summed E-state index contributed by atoms with van der Waals surface area (Å²) in [5, 5.41) is 0. The highest BCUT2D eigenvalue weighted by atomic mass is 16.5. The van der Waals surface area contributed by atoms with Crippen molar-refractivity contribution in [1.29, 1.82) is 0 Å². The lowest BCUT2D eigenvalue weighted by Crippen LogP contribution is -2.62. The van der Waals surface area contributed by atoms with Crippen LogP contribution in [0.5, 0.6) is 0 Å². The van der Waals surface area contributed by atoms with Crippen LogP contribution in [0.25, 0.3) is 11.2 Å². The maximum atomic E-state index is 12.4. The molecule has 3 aliphatic rings. The normalized spacial score (nSPS) is 32.1. The van der Waals surface area contributed by atoms with E-state index in [0.717, 1.165) is 24.8 Å². The number of aromatic amines is 1. The van der Waals surface area contributed by atoms with Gasteiger partial charge in [0.15, 0.2) is 11.2 Å². The Morgan fingerprint density at radius 3 is 2.59 bits per heavy atom. The summed E-state index contributed by atoms with van der Waals surface area (Å²) in [7, 11) is 3.48. The van der Waals surface area contributed by atoms with E-state index in [9.17, 15) is 9.59 Å². The number of H-pyrrole nitrogens is 1. The average molecular weight is 373 g/mol. The predicted octanol–water partition coefficient (Wildman–Crippen LogP) is 1.13. The fourth-order valence-corrected chi connectivity index (χ4v) is 5.89. The van der Waals surface area contributed by atoms with E-state index >= 15 is 0 Å². The van der Waals surface area contributed by atoms with Gasteiger partial charge in [0.05, 0.1) is 17.7 Å². The Hall–Kier alpha value is -2.09. The van der Waals surface area contributed by atoms with Gasteiger partial charge in [-0.15, -0.1) is 0 Å². The molecular weight excluding hydrogens is 346 g/mol. The number of imidazole rings is 1. The zero-order valence-corrected chi connectivity index (χ0v) is 16.4. The Balaban J connectivity index is 1.63. The lowest BCUT2D eigenvalue weighted by Gasteiger charge is -2.52. The molecule has 1 spiro atoms. The summed E-state index contributed by atoms with van der Waals surface area (Å²) in [6.45, 7) is 5.77. The molecule has 5 rings (SSSR count). The minimum atomic E-state index is -0.441. The van der Waals surface area contributed by atoms with Gasteiger partial charge >= 0.3 is 5.69 Å². The van der Waals surface area contributed by atoms with Gasteiger partial charge in [0, 0.05) is 20.6 Å². The number of ether oxygens (including phenoxy) is 1. The van der Waals surface area contributed by atoms with Gasteiger partial charge in [0.2, 0.25) is 5.95 Å². The fourth-order valence-electron chi connectivity index (χ4n) is 5.89. The number of aryl methyl sites for hydroxylation is 2. The van der Waals surface area contributed by atoms with E-state index in [2.05, 4.69) is 23.7 Å². The number of hydrogen-bond acceptors (Lipinski definition) is 5. The van der Waals surface area contributed by atoms with E-state index in [1.807, 2.05) is 11.6 Å². The first kappa shape index (κ1) is 17.0. The Morgan fingerprint density at radius 1 is 1.15 bits per heavy atom. The van der Waals surface area contributed by atoms with Gasteiger partial charge in [-0.25, -0.2) is 4.79 Å². The first-order chi connectivity index (χ1) is 12.7. The molecule has 2 aliphatic carbocycles. The number of aromatic nitrogens is 4. The molecule has 0 unspecified atom stereocenters. The van der Waals surface area contributed by atoms with Crippen LogP contribution in [-0.2, 0) is 18.8 Å². The second-order valence-electron chi connectivity index (χ2n) is 9.32. The van der Waals surface area contributed by atoms with Crippen LogP contribution < -0.4 is 16.1 Å². The van der Waals surface area contributed by atoms with Crippen molar-refractivity contribution < 1.29 is 4.74 Å². The summed E-state index contributed by atoms with van der Waals surface area (Å²) in [5.41, 5.74) is -0.397. The molecule has 1 N–H and O–H groups in total. The average Bonchev–Trinajstić information content (AvgIpc) is 3.24. The SMILES string of the molecule is Cn1c(N2CC(C)(C)O[C@@]3(C[C@@H]4CC[C@H]3C4)C2)nc2c1c(=O)[nH]c(=O)n2C. The summed E-state index contributed by atoms with van der Waals surface area (Å²) in [6, 6.07) is 0. The molecule has 0 aromatic carbocycles. The Labute approximate surface area is 157 Å². The maximum absolute atomic E-state index is 12.4. The van der Waals surface area contributed by atoms with Crippen LogP contribution in [0.3, 0.4) is 0 Å². The van der Waals surface area contributed by atoms with Crippen molar-refractivity contribution in [2.24, 2.45) is 25.9 Å². The third-order valence-electron chi connectivity index (χ3n) is 6.82. The molecule has 2 aromatic rings. The topological polar surface area (TPSA) is 85.2 Å². The summed E-state index contributed by atoms with van der Waals surface area (Å²) >= 11 is 0. The second kappa shape index (κ2) is 5.25. The first-order valence-corrected chi connectivity index (χ1v) is 9.80. The Kier molecular flexibility index (Phi) is 3.31. The number of morpholine rings is 1. The predicted molar refractivity (Wildman–Crippen MR) is 102 cm³/mol. The molecule has 2 bridgehead atoms. The minimum absolute atomic E-state index is 0.124. The number of nitrogens with zero attached hydrogens (tertiary/aromatic N) is 4. The van der Waals surface area contributed by atoms with Crippen LogP contribution in [0.1, 0.15) is 39.5 Å². The molecule has 1 saturated heterocycles. The zero-order valence-electron chi connectivity index (χ0n) is 16.4. The van der Waals surface area contributed by atoms with Gasteiger partial charge in [-0.1, -0.05) is 0 Å². The standard InChI is InChI=1S/C19H27N5O3/c1-18(2)9-24(10-19(27-18)8-11-5-6-12(19)7-11)16-20-14-13(22(16)3)15(25)21-17(26)23(14)4/h11-12H,5-10H2,1-4H3,(H,21,25,26)/t11-,12+,19+/m1/s1. The highest BCUT2D eigenvalue weighted by Crippen LogP contribution is 2.55. The fraction of sp³-hybridized carbons (Fsp3) is 0.737. The van der Waals surface area contributed by atoms with Gasteiger partial charge in [-0.05, 0) is 51.4 Å². The van der Waals surface area contributed by atoms with E-state index < -0.39 is 11.2 Å². The largest absolute Gasteiger partial charge is 0.365 e. The quantitative estimate of drug-likeness (QED) is 0.810. The molecule has 8 heteroatoms. The molecule has 0 amide bonds. The number of nitrogens with one attached hydrogen (secondary N) is 1. The van der Waals surface area contributed by atoms with E-state index in [4.69, 9.17) is 9.72 Å². The molecule has 8 nitrogen and oxygen atoms in total. The minimum Gasteiger partial charge on any atom is -0.365 e. The van der Waals surface area contributed by atoms with Gasteiger partial charge in [0.25, 0.3) is 5.56 Å². The van der Waals surface area contributed by atoms with Crippen molar-refractivity contribution in [3.05, 3.63) is 20.8 Å². The van der Waals surface area contributed by atoms with Crippen LogP contribution in [0.15, 0.2) is 9.59 Å². The van der Waals surface area contributed by atoms with E-state index in [1.54, 1.807) is 7.05 Å². The van der Waals surface area contributed by atoms with Crippen molar-refractivity contribution in [3.8, 4) is 0 Å². The molecule has 2 saturated carbocycles. The first-order valence-electron chi connectivity index (χ1n) is 9.80. The maximum Gasteiger partial charge on any atom is 0.329 e. The van der Waals surface area contributed by atoms with Crippen LogP contribution >= 0.6 is 0 Å².